The minimum Gasteiger partial charge on any atom is -0.454 e. The molecule has 0 saturated heterocycles. The Morgan fingerprint density at radius 1 is 1.00 bits per heavy atom. The Hall–Kier alpha value is -2.53. The fraction of sp³-hybridized carbons (Fsp3) is 0.263. The van der Waals surface area contributed by atoms with Gasteiger partial charge in [0.1, 0.15) is 0 Å². The van der Waals surface area contributed by atoms with Gasteiger partial charge in [0.25, 0.3) is 0 Å². The number of hydrogen-bond donors (Lipinski definition) is 1. The van der Waals surface area contributed by atoms with Gasteiger partial charge in [-0.1, -0.05) is 17.7 Å². The van der Waals surface area contributed by atoms with Crippen molar-refractivity contribution in [3.63, 3.8) is 0 Å². The fourth-order valence-corrected chi connectivity index (χ4v) is 2.66. The third-order valence-electron chi connectivity index (χ3n) is 3.92. The van der Waals surface area contributed by atoms with Crippen molar-refractivity contribution >= 4 is 23.3 Å². The number of benzene rings is 2. The smallest absolute Gasteiger partial charge is 0.231 e. The molecule has 2 aromatic rings. The molecule has 25 heavy (non-hydrogen) atoms. The highest BCUT2D eigenvalue weighted by Gasteiger charge is 2.13. The van der Waals surface area contributed by atoms with Crippen LogP contribution in [0.5, 0.6) is 11.5 Å². The third-order valence-corrected chi connectivity index (χ3v) is 4.17. The van der Waals surface area contributed by atoms with Gasteiger partial charge in [-0.05, 0) is 48.4 Å². The normalized spacial score (nSPS) is 12.0. The van der Waals surface area contributed by atoms with E-state index in [0.29, 0.717) is 23.6 Å². The Morgan fingerprint density at radius 2 is 1.76 bits per heavy atom. The van der Waals surface area contributed by atoms with Crippen LogP contribution in [-0.2, 0) is 11.2 Å². The molecule has 3 rings (SSSR count). The molecule has 0 unspecified atom stereocenters. The van der Waals surface area contributed by atoms with Crippen LogP contribution in [0.15, 0.2) is 42.5 Å². The molecule has 1 N–H and O–H groups in total. The van der Waals surface area contributed by atoms with Gasteiger partial charge in [-0.15, -0.1) is 0 Å². The molecule has 0 fully saturated rings. The first kappa shape index (κ1) is 17.3. The van der Waals surface area contributed by atoms with E-state index in [4.69, 9.17) is 21.1 Å². The number of Topliss-reactive ketones (excluding diaryl/α,β-unsaturated/α-hetero) is 1. The molecule has 0 spiro atoms. The van der Waals surface area contributed by atoms with E-state index >= 15 is 0 Å². The van der Waals surface area contributed by atoms with E-state index in [9.17, 15) is 9.59 Å². The van der Waals surface area contributed by atoms with Crippen molar-refractivity contribution in [1.82, 2.24) is 5.32 Å². The van der Waals surface area contributed by atoms with Crippen LogP contribution in [0.4, 0.5) is 0 Å². The van der Waals surface area contributed by atoms with Crippen LogP contribution >= 0.6 is 11.6 Å². The summed E-state index contributed by atoms with van der Waals surface area (Å²) in [6.07, 6.45) is 1.04. The van der Waals surface area contributed by atoms with Crippen LogP contribution in [0.25, 0.3) is 0 Å². The Morgan fingerprint density at radius 3 is 2.56 bits per heavy atom. The summed E-state index contributed by atoms with van der Waals surface area (Å²) in [6.45, 7) is 0.755. The first-order chi connectivity index (χ1) is 12.1. The maximum atomic E-state index is 12.0. The molecule has 2 aromatic carbocycles. The van der Waals surface area contributed by atoms with Gasteiger partial charge >= 0.3 is 0 Å². The van der Waals surface area contributed by atoms with Gasteiger partial charge in [0.05, 0.1) is 0 Å². The molecule has 1 aliphatic heterocycles. The number of ketones is 1. The molecule has 1 amide bonds. The number of nitrogens with one attached hydrogen (secondary N) is 1. The zero-order valence-corrected chi connectivity index (χ0v) is 14.3. The SMILES string of the molecule is O=C(CCC(=O)c1ccc(Cl)cc1)NCCc1ccc2c(c1)OCO2. The number of carbonyl (C=O) groups excluding carboxylic acids is 2. The van der Waals surface area contributed by atoms with Crippen molar-refractivity contribution < 1.29 is 19.1 Å². The van der Waals surface area contributed by atoms with E-state index in [2.05, 4.69) is 5.32 Å². The molecular weight excluding hydrogens is 342 g/mol. The van der Waals surface area contributed by atoms with Gasteiger partial charge in [-0.25, -0.2) is 0 Å². The van der Waals surface area contributed by atoms with Crippen molar-refractivity contribution in [1.29, 1.82) is 0 Å². The molecule has 0 radical (unpaired) electrons. The van der Waals surface area contributed by atoms with Crippen LogP contribution in [0.1, 0.15) is 28.8 Å². The summed E-state index contributed by atoms with van der Waals surface area (Å²) >= 11 is 5.79. The lowest BCUT2D eigenvalue weighted by Crippen LogP contribution is -2.26. The molecule has 130 valence electrons. The van der Waals surface area contributed by atoms with Gasteiger partial charge in [-0.3, -0.25) is 9.59 Å². The molecule has 0 aliphatic carbocycles. The predicted molar refractivity (Wildman–Crippen MR) is 94.3 cm³/mol. The third kappa shape index (κ3) is 4.73. The molecule has 0 bridgehead atoms. The van der Waals surface area contributed by atoms with Crippen molar-refractivity contribution in [2.24, 2.45) is 0 Å². The number of ether oxygens (including phenoxy) is 2. The quantitative estimate of drug-likeness (QED) is 0.769. The lowest BCUT2D eigenvalue weighted by atomic mass is 10.1. The summed E-state index contributed by atoms with van der Waals surface area (Å²) in [5.41, 5.74) is 1.62. The number of amides is 1. The minimum absolute atomic E-state index is 0.0670. The topological polar surface area (TPSA) is 64.6 Å². The van der Waals surface area contributed by atoms with Crippen molar-refractivity contribution in [2.45, 2.75) is 19.3 Å². The molecule has 0 saturated carbocycles. The van der Waals surface area contributed by atoms with Gasteiger partial charge in [0.15, 0.2) is 17.3 Å². The highest BCUT2D eigenvalue weighted by atomic mass is 35.5. The average Bonchev–Trinajstić information content (AvgIpc) is 3.08. The molecule has 0 atom stereocenters. The van der Waals surface area contributed by atoms with Crippen LogP contribution < -0.4 is 14.8 Å². The maximum Gasteiger partial charge on any atom is 0.231 e. The fourth-order valence-electron chi connectivity index (χ4n) is 2.54. The second kappa shape index (κ2) is 8.03. The largest absolute Gasteiger partial charge is 0.454 e. The van der Waals surface area contributed by atoms with Gasteiger partial charge in [0, 0.05) is 30.0 Å². The lowest BCUT2D eigenvalue weighted by Gasteiger charge is -2.06. The second-order valence-corrected chi connectivity index (χ2v) is 6.15. The second-order valence-electron chi connectivity index (χ2n) is 5.72. The summed E-state index contributed by atoms with van der Waals surface area (Å²) in [4.78, 5) is 23.9. The molecule has 0 aromatic heterocycles. The molecule has 1 heterocycles. The standard InChI is InChI=1S/C19H18ClNO4/c20-15-4-2-14(3-5-15)16(22)6-8-19(23)21-10-9-13-1-7-17-18(11-13)25-12-24-17/h1-5,7,11H,6,8-10,12H2,(H,21,23). The molecule has 1 aliphatic rings. The number of fused-ring (bicyclic) bond motifs is 1. The Kier molecular flexibility index (Phi) is 5.56. The average molecular weight is 360 g/mol. The van der Waals surface area contributed by atoms with Gasteiger partial charge < -0.3 is 14.8 Å². The van der Waals surface area contributed by atoms with E-state index in [1.807, 2.05) is 18.2 Å². The van der Waals surface area contributed by atoms with Crippen molar-refractivity contribution in [3.8, 4) is 11.5 Å². The predicted octanol–water partition coefficient (Wildman–Crippen LogP) is 3.39. The summed E-state index contributed by atoms with van der Waals surface area (Å²) < 4.78 is 10.6. The first-order valence-electron chi connectivity index (χ1n) is 8.06. The van der Waals surface area contributed by atoms with Gasteiger partial charge in [-0.2, -0.15) is 0 Å². The highest BCUT2D eigenvalue weighted by molar-refractivity contribution is 6.30. The summed E-state index contributed by atoms with van der Waals surface area (Å²) in [5.74, 6) is 1.27. The van der Waals surface area contributed by atoms with Crippen LogP contribution in [0.3, 0.4) is 0 Å². The van der Waals surface area contributed by atoms with E-state index in [0.717, 1.165) is 17.1 Å². The minimum atomic E-state index is -0.136. The summed E-state index contributed by atoms with van der Waals surface area (Å²) in [7, 11) is 0. The summed E-state index contributed by atoms with van der Waals surface area (Å²) in [6, 6.07) is 12.4. The number of rotatable bonds is 7. The van der Waals surface area contributed by atoms with Crippen LogP contribution in [-0.4, -0.2) is 25.0 Å². The molecule has 6 heteroatoms. The van der Waals surface area contributed by atoms with Crippen molar-refractivity contribution in [2.75, 3.05) is 13.3 Å². The lowest BCUT2D eigenvalue weighted by molar-refractivity contribution is -0.121. The Balaban J connectivity index is 1.39. The van der Waals surface area contributed by atoms with Crippen LogP contribution in [0, 0.1) is 0 Å². The number of hydrogen-bond acceptors (Lipinski definition) is 4. The van der Waals surface area contributed by atoms with E-state index < -0.39 is 0 Å². The summed E-state index contributed by atoms with van der Waals surface area (Å²) in [5, 5.41) is 3.41. The van der Waals surface area contributed by atoms with Gasteiger partial charge in [0.2, 0.25) is 12.7 Å². The van der Waals surface area contributed by atoms with Crippen molar-refractivity contribution in [3.05, 3.63) is 58.6 Å². The number of carbonyl (C=O) groups is 2. The molecule has 5 nitrogen and oxygen atoms in total. The Labute approximate surface area is 150 Å². The van der Waals surface area contributed by atoms with E-state index in [1.54, 1.807) is 24.3 Å². The maximum absolute atomic E-state index is 12.0. The zero-order chi connectivity index (χ0) is 17.6. The molecular formula is C19H18ClNO4. The first-order valence-corrected chi connectivity index (χ1v) is 8.43. The van der Waals surface area contributed by atoms with Crippen LogP contribution in [0.2, 0.25) is 5.02 Å². The number of halogens is 1. The highest BCUT2D eigenvalue weighted by Crippen LogP contribution is 2.32. The Bertz CT molecular complexity index is 773. The monoisotopic (exact) mass is 359 g/mol. The van der Waals surface area contributed by atoms with E-state index in [-0.39, 0.29) is 31.3 Å². The van der Waals surface area contributed by atoms with E-state index in [1.165, 1.54) is 0 Å². The zero-order valence-electron chi connectivity index (χ0n) is 13.6.